The maximum absolute atomic E-state index is 13.3. The number of piperazine rings is 1. The highest BCUT2D eigenvalue weighted by Crippen LogP contribution is 2.44. The SMILES string of the molecule is C=C(F)C(=O)Nc1ccc(-c2c(-c3ccc(C(=O)NCC(F)(F)F)c(Cl)c3)c3c(N)ncc(C#CC(=O)N4CC(C)NC(C)C4)c3n2C)cc1. The number of aryl methyl sites for hydroxylation is 1. The Morgan fingerprint density at radius 2 is 1.74 bits per heavy atom. The van der Waals surface area contributed by atoms with E-state index in [2.05, 4.69) is 34.0 Å². The molecule has 4 aromatic rings. The molecule has 2 atom stereocenters. The van der Waals surface area contributed by atoms with E-state index in [0.29, 0.717) is 51.9 Å². The summed E-state index contributed by atoms with van der Waals surface area (Å²) >= 11 is 6.48. The second kappa shape index (κ2) is 14.2. The first-order valence-corrected chi connectivity index (χ1v) is 15.7. The van der Waals surface area contributed by atoms with Crippen LogP contribution in [0.1, 0.15) is 29.8 Å². The number of aromatic nitrogens is 2. The summed E-state index contributed by atoms with van der Waals surface area (Å²) in [5.41, 5.74) is 9.57. The number of nitrogens with two attached hydrogens (primary N) is 1. The molecule has 0 saturated carbocycles. The van der Waals surface area contributed by atoms with Crippen LogP contribution in [0.2, 0.25) is 5.02 Å². The van der Waals surface area contributed by atoms with E-state index < -0.39 is 30.4 Å². The predicted molar refractivity (Wildman–Crippen MR) is 184 cm³/mol. The van der Waals surface area contributed by atoms with Gasteiger partial charge in [0.2, 0.25) is 0 Å². The van der Waals surface area contributed by atoms with Crippen molar-refractivity contribution in [2.45, 2.75) is 32.1 Å². The number of pyridine rings is 1. The van der Waals surface area contributed by atoms with Crippen LogP contribution >= 0.6 is 11.6 Å². The number of benzene rings is 2. The lowest BCUT2D eigenvalue weighted by Gasteiger charge is -2.34. The minimum Gasteiger partial charge on any atom is -0.383 e. The number of hydrogen-bond acceptors (Lipinski definition) is 6. The van der Waals surface area contributed by atoms with Crippen LogP contribution in [0.25, 0.3) is 33.3 Å². The first kappa shape index (κ1) is 35.9. The number of nitrogens with zero attached hydrogens (tertiary/aromatic N) is 3. The number of anilines is 2. The zero-order chi connectivity index (χ0) is 36.5. The topological polar surface area (TPSA) is 134 Å². The van der Waals surface area contributed by atoms with Crippen LogP contribution in [0, 0.1) is 11.8 Å². The number of nitrogen functional groups attached to an aromatic ring is 1. The summed E-state index contributed by atoms with van der Waals surface area (Å²) in [5.74, 6) is 2.28. The number of amides is 3. The average Bonchev–Trinajstić information content (AvgIpc) is 3.36. The van der Waals surface area contributed by atoms with Gasteiger partial charge in [0, 0.05) is 55.6 Å². The second-order valence-electron chi connectivity index (χ2n) is 11.9. The van der Waals surface area contributed by atoms with Gasteiger partial charge in [-0.05, 0) is 49.2 Å². The van der Waals surface area contributed by atoms with Gasteiger partial charge in [-0.1, -0.05) is 42.3 Å². The van der Waals surface area contributed by atoms with Crippen LogP contribution in [0.15, 0.2) is 61.1 Å². The molecule has 260 valence electrons. The largest absolute Gasteiger partial charge is 0.405 e. The molecule has 0 aliphatic carbocycles. The van der Waals surface area contributed by atoms with Crippen molar-refractivity contribution in [2.75, 3.05) is 30.7 Å². The number of halogens is 5. The van der Waals surface area contributed by atoms with Crippen molar-refractivity contribution < 1.29 is 31.9 Å². The van der Waals surface area contributed by atoms with Gasteiger partial charge in [0.25, 0.3) is 17.7 Å². The molecular formula is C35H32ClF4N7O3. The Morgan fingerprint density at radius 1 is 1.10 bits per heavy atom. The van der Waals surface area contributed by atoms with Crippen LogP contribution in [0.5, 0.6) is 0 Å². The Kier molecular flexibility index (Phi) is 10.2. The summed E-state index contributed by atoms with van der Waals surface area (Å²) in [4.78, 5) is 43.6. The normalized spacial score (nSPS) is 16.0. The number of alkyl halides is 3. The molecule has 10 nitrogen and oxygen atoms in total. The monoisotopic (exact) mass is 709 g/mol. The third-order valence-electron chi connectivity index (χ3n) is 8.00. The molecule has 5 rings (SSSR count). The Labute approximate surface area is 289 Å². The van der Waals surface area contributed by atoms with E-state index in [-0.39, 0.29) is 40.1 Å². The van der Waals surface area contributed by atoms with Crippen molar-refractivity contribution in [3.05, 3.63) is 77.2 Å². The van der Waals surface area contributed by atoms with E-state index in [0.717, 1.165) is 0 Å². The zero-order valence-corrected chi connectivity index (χ0v) is 27.9. The summed E-state index contributed by atoms with van der Waals surface area (Å²) in [6.45, 7) is 6.41. The summed E-state index contributed by atoms with van der Waals surface area (Å²) in [6, 6.07) is 10.9. The lowest BCUT2D eigenvalue weighted by molar-refractivity contribution is -0.126. The summed E-state index contributed by atoms with van der Waals surface area (Å²) < 4.78 is 53.4. The first-order valence-electron chi connectivity index (χ1n) is 15.3. The van der Waals surface area contributed by atoms with Gasteiger partial charge in [0.1, 0.15) is 12.4 Å². The minimum absolute atomic E-state index is 0.0943. The van der Waals surface area contributed by atoms with E-state index in [9.17, 15) is 31.9 Å². The van der Waals surface area contributed by atoms with Crippen LogP contribution in [-0.4, -0.2) is 70.1 Å². The number of rotatable bonds is 6. The highest BCUT2D eigenvalue weighted by molar-refractivity contribution is 6.34. The maximum Gasteiger partial charge on any atom is 0.405 e. The zero-order valence-electron chi connectivity index (χ0n) is 27.1. The molecule has 2 aromatic heterocycles. The average molecular weight is 710 g/mol. The van der Waals surface area contributed by atoms with Gasteiger partial charge in [-0.2, -0.15) is 13.2 Å². The molecule has 1 aliphatic heterocycles. The van der Waals surface area contributed by atoms with Crippen molar-refractivity contribution >= 4 is 51.7 Å². The van der Waals surface area contributed by atoms with E-state index in [4.69, 9.17) is 17.3 Å². The molecule has 2 aromatic carbocycles. The fraction of sp³-hybridized carbons (Fsp3) is 0.257. The van der Waals surface area contributed by atoms with Crippen LogP contribution in [0.4, 0.5) is 29.1 Å². The summed E-state index contributed by atoms with van der Waals surface area (Å²) in [7, 11) is 1.75. The molecule has 1 aliphatic rings. The standard InChI is InChI=1S/C35H32ClF4N7O3/c1-18-15-47(16-19(2)44-18)27(48)12-8-23-14-42-32(41)29-28(22-7-11-25(26(36)13-22)34(50)43-17-35(38,39)40)30(46(4)31(23)29)21-5-9-24(10-6-21)45-33(49)20(3)37/h5-7,9-11,13-14,18-19,44H,3,15-17H2,1-2,4H3,(H2,41,42)(H,43,50)(H,45,49). The molecule has 1 saturated heterocycles. The highest BCUT2D eigenvalue weighted by Gasteiger charge is 2.29. The van der Waals surface area contributed by atoms with Gasteiger partial charge >= 0.3 is 6.18 Å². The molecule has 1 fully saturated rings. The number of carbonyl (C=O) groups excluding carboxylic acids is 3. The smallest absolute Gasteiger partial charge is 0.383 e. The lowest BCUT2D eigenvalue weighted by atomic mass is 9.96. The van der Waals surface area contributed by atoms with Crippen LogP contribution in [-0.2, 0) is 16.6 Å². The number of hydrogen-bond donors (Lipinski definition) is 4. The second-order valence-corrected chi connectivity index (χ2v) is 12.3. The van der Waals surface area contributed by atoms with Crippen molar-refractivity contribution in [1.82, 2.24) is 25.1 Å². The van der Waals surface area contributed by atoms with Crippen LogP contribution in [0.3, 0.4) is 0 Å². The molecule has 3 heterocycles. The third-order valence-corrected chi connectivity index (χ3v) is 8.31. The Hall–Kier alpha value is -5.39. The van der Waals surface area contributed by atoms with Gasteiger partial charge in [-0.15, -0.1) is 0 Å². The van der Waals surface area contributed by atoms with E-state index in [1.165, 1.54) is 24.4 Å². The van der Waals surface area contributed by atoms with Gasteiger partial charge in [0.15, 0.2) is 5.83 Å². The maximum atomic E-state index is 13.3. The fourth-order valence-corrected chi connectivity index (χ4v) is 6.22. The van der Waals surface area contributed by atoms with E-state index in [1.807, 2.05) is 19.2 Å². The Bertz CT molecular complexity index is 2070. The van der Waals surface area contributed by atoms with Gasteiger partial charge < -0.3 is 31.2 Å². The number of nitrogens with one attached hydrogen (secondary N) is 3. The van der Waals surface area contributed by atoms with E-state index in [1.54, 1.807) is 40.8 Å². The quantitative estimate of drug-likeness (QED) is 0.120. The molecule has 0 spiro atoms. The van der Waals surface area contributed by atoms with Crippen molar-refractivity contribution in [2.24, 2.45) is 7.05 Å². The van der Waals surface area contributed by atoms with Gasteiger partial charge in [-0.25, -0.2) is 9.37 Å². The molecule has 0 radical (unpaired) electrons. The molecule has 5 N–H and O–H groups in total. The Morgan fingerprint density at radius 3 is 2.34 bits per heavy atom. The summed E-state index contributed by atoms with van der Waals surface area (Å²) in [6.07, 6.45) is -3.16. The van der Waals surface area contributed by atoms with Crippen molar-refractivity contribution in [3.8, 4) is 34.2 Å². The molecular weight excluding hydrogens is 678 g/mol. The fourth-order valence-electron chi connectivity index (χ4n) is 5.95. The van der Waals surface area contributed by atoms with Crippen molar-refractivity contribution in [3.63, 3.8) is 0 Å². The highest BCUT2D eigenvalue weighted by atomic mass is 35.5. The van der Waals surface area contributed by atoms with Gasteiger partial charge in [0.05, 0.1) is 32.7 Å². The lowest BCUT2D eigenvalue weighted by Crippen LogP contribution is -2.55. The number of fused-ring (bicyclic) bond motifs is 1. The Balaban J connectivity index is 1.66. The molecule has 2 unspecified atom stereocenters. The van der Waals surface area contributed by atoms with E-state index >= 15 is 0 Å². The first-order chi connectivity index (χ1) is 23.5. The van der Waals surface area contributed by atoms with Crippen molar-refractivity contribution in [1.29, 1.82) is 0 Å². The number of carbonyl (C=O) groups is 3. The molecule has 15 heteroatoms. The molecule has 3 amide bonds. The summed E-state index contributed by atoms with van der Waals surface area (Å²) in [5, 5.41) is 7.89. The van der Waals surface area contributed by atoms with Crippen LogP contribution < -0.4 is 21.7 Å². The third kappa shape index (κ3) is 7.74. The minimum atomic E-state index is -4.62. The molecule has 0 bridgehead atoms. The van der Waals surface area contributed by atoms with Gasteiger partial charge in [-0.3, -0.25) is 14.4 Å². The molecule has 50 heavy (non-hydrogen) atoms. The predicted octanol–water partition coefficient (Wildman–Crippen LogP) is 5.42.